The van der Waals surface area contributed by atoms with Crippen LogP contribution in [-0.2, 0) is 0 Å². The molecule has 1 aliphatic rings. The van der Waals surface area contributed by atoms with Gasteiger partial charge in [0, 0.05) is 29.0 Å². The Hall–Kier alpha value is -1.62. The molecule has 112 valence electrons. The zero-order valence-electron chi connectivity index (χ0n) is 12.9. The van der Waals surface area contributed by atoms with Crippen LogP contribution in [0.2, 0.25) is 0 Å². The van der Waals surface area contributed by atoms with E-state index in [1.807, 2.05) is 6.20 Å². The van der Waals surface area contributed by atoms with Crippen molar-refractivity contribution in [1.29, 1.82) is 0 Å². The molecule has 0 unspecified atom stereocenters. The summed E-state index contributed by atoms with van der Waals surface area (Å²) in [5, 5.41) is 0. The van der Waals surface area contributed by atoms with Gasteiger partial charge in [-0.3, -0.25) is 0 Å². The van der Waals surface area contributed by atoms with E-state index in [2.05, 4.69) is 47.8 Å². The predicted molar refractivity (Wildman–Crippen MR) is 89.7 cm³/mol. The fourth-order valence-electron chi connectivity index (χ4n) is 2.62. The van der Waals surface area contributed by atoms with Crippen molar-refractivity contribution in [3.63, 3.8) is 0 Å². The largest absolute Gasteiger partial charge is 0.383 e. The van der Waals surface area contributed by atoms with Gasteiger partial charge in [-0.1, -0.05) is 13.8 Å². The van der Waals surface area contributed by atoms with Crippen LogP contribution in [0.4, 0.5) is 11.8 Å². The van der Waals surface area contributed by atoms with Crippen LogP contribution in [0, 0.1) is 12.3 Å². The van der Waals surface area contributed by atoms with Crippen molar-refractivity contribution in [2.24, 2.45) is 5.41 Å². The Morgan fingerprint density at radius 2 is 1.95 bits per heavy atom. The predicted octanol–water partition coefficient (Wildman–Crippen LogP) is 3.72. The van der Waals surface area contributed by atoms with Crippen molar-refractivity contribution in [3.05, 3.63) is 23.2 Å². The summed E-state index contributed by atoms with van der Waals surface area (Å²) in [4.78, 5) is 13.7. The maximum absolute atomic E-state index is 6.15. The summed E-state index contributed by atoms with van der Waals surface area (Å²) in [5.41, 5.74) is 7.52. The summed E-state index contributed by atoms with van der Waals surface area (Å²) in [6.07, 6.45) is 4.20. The SMILES string of the molecule is Cc1ccc(-c2cnc(N3CCC(C)(C)CC3)nc2N)s1. The molecule has 2 N–H and O–H groups in total. The van der Waals surface area contributed by atoms with Gasteiger partial charge in [-0.05, 0) is 37.3 Å². The molecular weight excluding hydrogens is 280 g/mol. The monoisotopic (exact) mass is 302 g/mol. The number of piperidine rings is 1. The van der Waals surface area contributed by atoms with Crippen LogP contribution >= 0.6 is 11.3 Å². The molecule has 5 heteroatoms. The van der Waals surface area contributed by atoms with Crippen molar-refractivity contribution in [2.75, 3.05) is 23.7 Å². The number of aryl methyl sites for hydroxylation is 1. The normalized spacial score (nSPS) is 18.0. The molecule has 21 heavy (non-hydrogen) atoms. The first-order valence-electron chi connectivity index (χ1n) is 7.39. The van der Waals surface area contributed by atoms with Gasteiger partial charge in [0.1, 0.15) is 5.82 Å². The van der Waals surface area contributed by atoms with Gasteiger partial charge >= 0.3 is 0 Å². The van der Waals surface area contributed by atoms with Crippen LogP contribution < -0.4 is 10.6 Å². The van der Waals surface area contributed by atoms with E-state index in [4.69, 9.17) is 5.73 Å². The van der Waals surface area contributed by atoms with Crippen LogP contribution in [0.25, 0.3) is 10.4 Å². The molecule has 1 fully saturated rings. The number of rotatable bonds is 2. The lowest BCUT2D eigenvalue weighted by Crippen LogP contribution is -2.38. The highest BCUT2D eigenvalue weighted by molar-refractivity contribution is 7.15. The standard InChI is InChI=1S/C16H22N4S/c1-11-4-5-13(21-11)12-10-18-15(19-14(12)17)20-8-6-16(2,3)7-9-20/h4-5,10H,6-9H2,1-3H3,(H2,17,18,19). The van der Waals surface area contributed by atoms with Gasteiger partial charge < -0.3 is 10.6 Å². The van der Waals surface area contributed by atoms with Crippen molar-refractivity contribution >= 4 is 23.1 Å². The van der Waals surface area contributed by atoms with Gasteiger partial charge in [-0.2, -0.15) is 4.98 Å². The molecule has 2 aromatic rings. The minimum absolute atomic E-state index is 0.427. The quantitative estimate of drug-likeness (QED) is 0.918. The molecule has 0 saturated carbocycles. The Morgan fingerprint density at radius 3 is 2.52 bits per heavy atom. The number of nitrogens with two attached hydrogens (primary N) is 1. The molecule has 0 aromatic carbocycles. The number of thiophene rings is 1. The fourth-order valence-corrected chi connectivity index (χ4v) is 3.51. The fraction of sp³-hybridized carbons (Fsp3) is 0.500. The van der Waals surface area contributed by atoms with Crippen molar-refractivity contribution in [3.8, 4) is 10.4 Å². The molecule has 1 aliphatic heterocycles. The maximum atomic E-state index is 6.15. The van der Waals surface area contributed by atoms with Gasteiger partial charge in [0.05, 0.1) is 5.56 Å². The summed E-state index contributed by atoms with van der Waals surface area (Å²) >= 11 is 1.72. The van der Waals surface area contributed by atoms with E-state index in [-0.39, 0.29) is 0 Å². The molecular formula is C16H22N4S. The summed E-state index contributed by atoms with van der Waals surface area (Å²) in [7, 11) is 0. The summed E-state index contributed by atoms with van der Waals surface area (Å²) < 4.78 is 0. The molecule has 0 radical (unpaired) electrons. The number of anilines is 2. The number of hydrogen-bond donors (Lipinski definition) is 1. The molecule has 0 bridgehead atoms. The molecule has 3 heterocycles. The second-order valence-electron chi connectivity index (χ2n) is 6.53. The summed E-state index contributed by atoms with van der Waals surface area (Å²) in [6, 6.07) is 4.18. The lowest BCUT2D eigenvalue weighted by Gasteiger charge is -2.36. The van der Waals surface area contributed by atoms with Gasteiger partial charge in [-0.15, -0.1) is 11.3 Å². The van der Waals surface area contributed by atoms with E-state index in [1.165, 1.54) is 17.7 Å². The molecule has 0 spiro atoms. The number of hydrogen-bond acceptors (Lipinski definition) is 5. The average molecular weight is 302 g/mol. The van der Waals surface area contributed by atoms with Crippen molar-refractivity contribution in [1.82, 2.24) is 9.97 Å². The van der Waals surface area contributed by atoms with Gasteiger partial charge in [0.15, 0.2) is 0 Å². The maximum Gasteiger partial charge on any atom is 0.227 e. The smallest absolute Gasteiger partial charge is 0.227 e. The number of nitrogens with zero attached hydrogens (tertiary/aromatic N) is 3. The third-order valence-electron chi connectivity index (χ3n) is 4.21. The second-order valence-corrected chi connectivity index (χ2v) is 7.82. The molecule has 3 rings (SSSR count). The highest BCUT2D eigenvalue weighted by atomic mass is 32.1. The Morgan fingerprint density at radius 1 is 1.24 bits per heavy atom. The zero-order valence-corrected chi connectivity index (χ0v) is 13.7. The third-order valence-corrected chi connectivity index (χ3v) is 5.25. The van der Waals surface area contributed by atoms with Crippen LogP contribution in [0.3, 0.4) is 0 Å². The Kier molecular flexibility index (Phi) is 3.61. The summed E-state index contributed by atoms with van der Waals surface area (Å²) in [5.74, 6) is 1.34. The van der Waals surface area contributed by atoms with Gasteiger partial charge in [0.2, 0.25) is 5.95 Å². The lowest BCUT2D eigenvalue weighted by atomic mass is 9.83. The molecule has 4 nitrogen and oxygen atoms in total. The van der Waals surface area contributed by atoms with E-state index < -0.39 is 0 Å². The highest BCUT2D eigenvalue weighted by Crippen LogP contribution is 2.34. The molecule has 0 atom stereocenters. The van der Waals surface area contributed by atoms with E-state index in [0.717, 1.165) is 29.5 Å². The van der Waals surface area contributed by atoms with Gasteiger partial charge in [0.25, 0.3) is 0 Å². The van der Waals surface area contributed by atoms with E-state index >= 15 is 0 Å². The Bertz CT molecular complexity index is 637. The molecule has 1 saturated heterocycles. The van der Waals surface area contributed by atoms with Crippen LogP contribution in [0.15, 0.2) is 18.3 Å². The minimum Gasteiger partial charge on any atom is -0.383 e. The Balaban J connectivity index is 1.82. The molecule has 2 aromatic heterocycles. The van der Waals surface area contributed by atoms with Crippen molar-refractivity contribution < 1.29 is 0 Å². The first kappa shape index (κ1) is 14.3. The highest BCUT2D eigenvalue weighted by Gasteiger charge is 2.26. The first-order chi connectivity index (χ1) is 9.94. The zero-order chi connectivity index (χ0) is 15.0. The lowest BCUT2D eigenvalue weighted by molar-refractivity contribution is 0.278. The first-order valence-corrected chi connectivity index (χ1v) is 8.20. The topological polar surface area (TPSA) is 55.0 Å². The van der Waals surface area contributed by atoms with E-state index in [9.17, 15) is 0 Å². The van der Waals surface area contributed by atoms with E-state index in [1.54, 1.807) is 11.3 Å². The third kappa shape index (κ3) is 3.02. The number of nitrogen functional groups attached to an aromatic ring is 1. The molecule has 0 amide bonds. The van der Waals surface area contributed by atoms with Crippen LogP contribution in [0.5, 0.6) is 0 Å². The Labute approximate surface area is 130 Å². The number of aromatic nitrogens is 2. The summed E-state index contributed by atoms with van der Waals surface area (Å²) in [6.45, 7) is 8.74. The average Bonchev–Trinajstić information content (AvgIpc) is 2.85. The van der Waals surface area contributed by atoms with Gasteiger partial charge in [-0.25, -0.2) is 4.98 Å². The van der Waals surface area contributed by atoms with E-state index in [0.29, 0.717) is 11.2 Å². The van der Waals surface area contributed by atoms with Crippen molar-refractivity contribution in [2.45, 2.75) is 33.6 Å². The van der Waals surface area contributed by atoms with Crippen LogP contribution in [-0.4, -0.2) is 23.1 Å². The second kappa shape index (κ2) is 5.30. The molecule has 0 aliphatic carbocycles. The van der Waals surface area contributed by atoms with Crippen LogP contribution in [0.1, 0.15) is 31.6 Å². The minimum atomic E-state index is 0.427.